The molecule has 72 heavy (non-hydrogen) atoms. The molecule has 6 nitrogen and oxygen atoms in total. The molecule has 0 aromatic rings. The summed E-state index contributed by atoms with van der Waals surface area (Å²) in [5.74, 6) is -1.04. The molecule has 0 radical (unpaired) electrons. The molecule has 0 fully saturated rings. The predicted octanol–water partition coefficient (Wildman–Crippen LogP) is 20.3. The van der Waals surface area contributed by atoms with Gasteiger partial charge in [0.15, 0.2) is 6.10 Å². The van der Waals surface area contributed by atoms with E-state index in [0.29, 0.717) is 12.8 Å². The number of unbranched alkanes of at least 4 members (excludes halogenated alkanes) is 25. The molecule has 1 atom stereocenters. The summed E-state index contributed by atoms with van der Waals surface area (Å²) in [6.07, 6.45) is 81.3. The lowest BCUT2D eigenvalue weighted by molar-refractivity contribution is -0.166. The molecule has 0 N–H and O–H groups in total. The van der Waals surface area contributed by atoms with Crippen molar-refractivity contribution >= 4 is 17.9 Å². The number of ether oxygens (including phenoxy) is 3. The molecule has 0 aromatic carbocycles. The van der Waals surface area contributed by atoms with Gasteiger partial charge in [-0.25, -0.2) is 0 Å². The van der Waals surface area contributed by atoms with Crippen LogP contribution >= 0.6 is 0 Å². The van der Waals surface area contributed by atoms with Crippen LogP contribution in [0.25, 0.3) is 0 Å². The summed E-state index contributed by atoms with van der Waals surface area (Å²) in [5, 5.41) is 0. The average Bonchev–Trinajstić information content (AvgIpc) is 3.38. The van der Waals surface area contributed by atoms with E-state index in [4.69, 9.17) is 14.2 Å². The Morgan fingerprint density at radius 1 is 0.306 bits per heavy atom. The van der Waals surface area contributed by atoms with Crippen molar-refractivity contribution in [3.63, 3.8) is 0 Å². The first-order chi connectivity index (χ1) is 35.5. The molecular weight excluding hydrogens is 889 g/mol. The number of carbonyl (C=O) groups is 3. The highest BCUT2D eigenvalue weighted by Crippen LogP contribution is 2.16. The molecule has 0 aliphatic rings. The van der Waals surface area contributed by atoms with Crippen LogP contribution in [0.2, 0.25) is 0 Å². The molecule has 6 heteroatoms. The highest BCUT2D eigenvalue weighted by atomic mass is 16.6. The van der Waals surface area contributed by atoms with Crippen LogP contribution in [0, 0.1) is 0 Å². The molecular formula is C66H110O6. The molecule has 0 amide bonds. The van der Waals surface area contributed by atoms with E-state index in [0.717, 1.165) is 96.3 Å². The number of rotatable bonds is 53. The van der Waals surface area contributed by atoms with Gasteiger partial charge in [-0.15, -0.1) is 0 Å². The van der Waals surface area contributed by atoms with Gasteiger partial charge in [0.1, 0.15) is 13.2 Å². The van der Waals surface area contributed by atoms with E-state index < -0.39 is 12.1 Å². The summed E-state index contributed by atoms with van der Waals surface area (Å²) >= 11 is 0. The maximum atomic E-state index is 12.8. The highest BCUT2D eigenvalue weighted by molar-refractivity contribution is 5.72. The number of allylic oxidation sites excluding steroid dienone is 17. The van der Waals surface area contributed by atoms with E-state index in [9.17, 15) is 14.4 Å². The van der Waals surface area contributed by atoms with E-state index in [2.05, 4.69) is 118 Å². The van der Waals surface area contributed by atoms with E-state index in [-0.39, 0.29) is 31.6 Å². The fraction of sp³-hybridized carbons (Fsp3) is 0.682. The summed E-state index contributed by atoms with van der Waals surface area (Å²) < 4.78 is 16.7. The van der Waals surface area contributed by atoms with E-state index in [1.165, 1.54) is 135 Å². The summed E-state index contributed by atoms with van der Waals surface area (Å²) in [7, 11) is 0. The first-order valence-corrected chi connectivity index (χ1v) is 29.9. The van der Waals surface area contributed by atoms with Crippen molar-refractivity contribution in [3.05, 3.63) is 109 Å². The zero-order valence-corrected chi connectivity index (χ0v) is 46.9. The zero-order valence-electron chi connectivity index (χ0n) is 46.9. The Kier molecular flexibility index (Phi) is 56.4. The molecule has 0 spiro atoms. The van der Waals surface area contributed by atoms with Crippen molar-refractivity contribution in [2.24, 2.45) is 0 Å². The lowest BCUT2D eigenvalue weighted by Crippen LogP contribution is -2.30. The second-order valence-electron chi connectivity index (χ2n) is 19.5. The third-order valence-corrected chi connectivity index (χ3v) is 12.6. The zero-order chi connectivity index (χ0) is 52.2. The number of hydrogen-bond acceptors (Lipinski definition) is 6. The number of esters is 3. The van der Waals surface area contributed by atoms with Crippen molar-refractivity contribution < 1.29 is 28.6 Å². The van der Waals surface area contributed by atoms with Gasteiger partial charge in [0.2, 0.25) is 0 Å². The molecule has 0 saturated carbocycles. The second kappa shape index (κ2) is 59.6. The Morgan fingerprint density at radius 2 is 0.583 bits per heavy atom. The topological polar surface area (TPSA) is 78.9 Å². The van der Waals surface area contributed by atoms with Crippen LogP contribution in [0.1, 0.15) is 271 Å². The lowest BCUT2D eigenvalue weighted by Gasteiger charge is -2.18. The van der Waals surface area contributed by atoms with Crippen LogP contribution in [-0.2, 0) is 28.6 Å². The van der Waals surface area contributed by atoms with Gasteiger partial charge in [-0.1, -0.05) is 278 Å². The molecule has 0 rings (SSSR count). The fourth-order valence-electron chi connectivity index (χ4n) is 8.16. The smallest absolute Gasteiger partial charge is 0.310 e. The highest BCUT2D eigenvalue weighted by Gasteiger charge is 2.19. The summed E-state index contributed by atoms with van der Waals surface area (Å²) in [6, 6.07) is 0. The Labute approximate surface area is 444 Å². The van der Waals surface area contributed by atoms with Gasteiger partial charge in [-0.3, -0.25) is 14.4 Å². The van der Waals surface area contributed by atoms with Gasteiger partial charge in [0.25, 0.3) is 0 Å². The normalized spacial score (nSPS) is 12.9. The average molecular weight is 1000 g/mol. The predicted molar refractivity (Wildman–Crippen MR) is 311 cm³/mol. The van der Waals surface area contributed by atoms with E-state index in [1.807, 2.05) is 6.08 Å². The molecule has 0 aromatic heterocycles. The minimum absolute atomic E-state index is 0.0970. The van der Waals surface area contributed by atoms with Crippen LogP contribution in [0.5, 0.6) is 0 Å². The van der Waals surface area contributed by atoms with Crippen LogP contribution in [0.3, 0.4) is 0 Å². The van der Waals surface area contributed by atoms with Crippen LogP contribution in [-0.4, -0.2) is 37.2 Å². The molecule has 0 aliphatic heterocycles. The first kappa shape index (κ1) is 68.1. The third-order valence-electron chi connectivity index (χ3n) is 12.6. The fourth-order valence-corrected chi connectivity index (χ4v) is 8.16. The van der Waals surface area contributed by atoms with Crippen molar-refractivity contribution in [2.45, 2.75) is 277 Å². The van der Waals surface area contributed by atoms with Crippen molar-refractivity contribution in [2.75, 3.05) is 13.2 Å². The Balaban J connectivity index is 4.23. The largest absolute Gasteiger partial charge is 0.462 e. The van der Waals surface area contributed by atoms with Crippen LogP contribution < -0.4 is 0 Å². The standard InChI is InChI=1S/C66H110O6/c1-4-7-10-13-16-19-22-24-26-27-28-29-30-31-32-33-34-35-36-37-38-39-41-42-44-47-50-53-56-59-65(68)71-62-63(61-70-64(67)58-55-52-49-46-21-18-15-12-9-6-3)72-66(69)60-57-54-51-48-45-43-40-25-23-20-17-14-11-8-5-2/h7-8,10-11,16-17,19-20,24-26,28-29,40,45,48,54,57,63H,4-6,9,12-15,18,21-23,27,30-39,41-44,46-47,49-53,55-56,58-62H2,1-3H3/b10-7-,11-8-,19-16-,20-17-,26-24-,29-28-,40-25-,48-45-,57-54-. The maximum Gasteiger partial charge on any atom is 0.310 e. The van der Waals surface area contributed by atoms with Gasteiger partial charge in [-0.05, 0) is 83.5 Å². The minimum atomic E-state index is -0.830. The van der Waals surface area contributed by atoms with Gasteiger partial charge >= 0.3 is 17.9 Å². The van der Waals surface area contributed by atoms with Crippen molar-refractivity contribution in [1.82, 2.24) is 0 Å². The van der Waals surface area contributed by atoms with Crippen molar-refractivity contribution in [3.8, 4) is 0 Å². The van der Waals surface area contributed by atoms with E-state index >= 15 is 0 Å². The lowest BCUT2D eigenvalue weighted by atomic mass is 10.0. The SMILES string of the molecule is CC/C=C\C/C=C\C/C=C\C/C=C\C/C=C\CC(=O)OC(COC(=O)CCCCCCCCCCCC)COC(=O)CCCCCCCCCCCCCCCCCC/C=C\C/C=C\C/C=C\C/C=C\CC. The van der Waals surface area contributed by atoms with Crippen LogP contribution in [0.15, 0.2) is 109 Å². The van der Waals surface area contributed by atoms with Crippen molar-refractivity contribution in [1.29, 1.82) is 0 Å². The summed E-state index contributed by atoms with van der Waals surface area (Å²) in [5.41, 5.74) is 0. The molecule has 0 aliphatic carbocycles. The first-order valence-electron chi connectivity index (χ1n) is 29.9. The quantitative estimate of drug-likeness (QED) is 0.0261. The third kappa shape index (κ3) is 57.0. The van der Waals surface area contributed by atoms with Gasteiger partial charge in [0.05, 0.1) is 6.42 Å². The number of carbonyl (C=O) groups excluding carboxylic acids is 3. The van der Waals surface area contributed by atoms with E-state index in [1.54, 1.807) is 6.08 Å². The monoisotopic (exact) mass is 999 g/mol. The molecule has 0 bridgehead atoms. The summed E-state index contributed by atoms with van der Waals surface area (Å²) in [6.45, 7) is 6.32. The Hall–Kier alpha value is -3.93. The Bertz CT molecular complexity index is 1470. The number of hydrogen-bond donors (Lipinski definition) is 0. The van der Waals surface area contributed by atoms with Gasteiger partial charge in [-0.2, -0.15) is 0 Å². The molecule has 410 valence electrons. The Morgan fingerprint density at radius 3 is 0.917 bits per heavy atom. The summed E-state index contributed by atoms with van der Waals surface area (Å²) in [4.78, 5) is 38.0. The molecule has 0 heterocycles. The van der Waals surface area contributed by atoms with Crippen LogP contribution in [0.4, 0.5) is 0 Å². The van der Waals surface area contributed by atoms with Gasteiger partial charge in [0, 0.05) is 12.8 Å². The molecule has 1 unspecified atom stereocenters. The second-order valence-corrected chi connectivity index (χ2v) is 19.5. The minimum Gasteiger partial charge on any atom is -0.462 e. The maximum absolute atomic E-state index is 12.8. The van der Waals surface area contributed by atoms with Gasteiger partial charge < -0.3 is 14.2 Å². The molecule has 0 saturated heterocycles.